The van der Waals surface area contributed by atoms with Gasteiger partial charge < -0.3 is 5.32 Å². The minimum absolute atomic E-state index is 0.165. The lowest BCUT2D eigenvalue weighted by Crippen LogP contribution is -2.26. The highest BCUT2D eigenvalue weighted by Gasteiger charge is 2.26. The van der Waals surface area contributed by atoms with Crippen molar-refractivity contribution < 1.29 is 13.2 Å². The number of hydrogen-bond donors (Lipinski definition) is 1. The van der Waals surface area contributed by atoms with Gasteiger partial charge in [-0.15, -0.1) is 10.2 Å². The maximum atomic E-state index is 12.5. The van der Waals surface area contributed by atoms with Crippen LogP contribution in [0.15, 0.2) is 28.6 Å². The standard InChI is InChI=1S/C13H16N4O3S2/c1-4-11(18)14-12-15-16-13(21-12)22(19,20)17(3)10-7-5-9(2)6-8-10/h5-8H,4H2,1-3H3,(H,14,15,18). The second-order valence-corrected chi connectivity index (χ2v) is 7.70. The number of hydrogen-bond acceptors (Lipinski definition) is 6. The first-order valence-corrected chi connectivity index (χ1v) is 8.79. The molecule has 1 aromatic heterocycles. The molecule has 0 bridgehead atoms. The van der Waals surface area contributed by atoms with Gasteiger partial charge in [0.15, 0.2) is 0 Å². The van der Waals surface area contributed by atoms with Crippen molar-refractivity contribution in [2.45, 2.75) is 24.6 Å². The molecule has 0 aliphatic rings. The van der Waals surface area contributed by atoms with Gasteiger partial charge in [0, 0.05) is 13.5 Å². The molecule has 0 atom stereocenters. The molecule has 22 heavy (non-hydrogen) atoms. The SMILES string of the molecule is CCC(=O)Nc1nnc(S(=O)(=O)N(C)c2ccc(C)cc2)s1. The molecule has 2 rings (SSSR count). The minimum atomic E-state index is -3.80. The van der Waals surface area contributed by atoms with Gasteiger partial charge in [0.2, 0.25) is 11.0 Å². The third-order valence-electron chi connectivity index (χ3n) is 2.95. The first-order chi connectivity index (χ1) is 10.3. The highest BCUT2D eigenvalue weighted by atomic mass is 32.2. The summed E-state index contributed by atoms with van der Waals surface area (Å²) >= 11 is 0.826. The normalized spacial score (nSPS) is 11.2. The van der Waals surface area contributed by atoms with Crippen LogP contribution >= 0.6 is 11.3 Å². The molecule has 9 heteroatoms. The van der Waals surface area contributed by atoms with Crippen LogP contribution in [-0.4, -0.2) is 31.6 Å². The Morgan fingerprint density at radius 3 is 2.50 bits per heavy atom. The molecular weight excluding hydrogens is 324 g/mol. The number of rotatable bonds is 5. The molecular formula is C13H16N4O3S2. The van der Waals surface area contributed by atoms with E-state index in [0.717, 1.165) is 21.2 Å². The highest BCUT2D eigenvalue weighted by Crippen LogP contribution is 2.26. The van der Waals surface area contributed by atoms with Crippen LogP contribution < -0.4 is 9.62 Å². The fraction of sp³-hybridized carbons (Fsp3) is 0.308. The number of amides is 1. The molecule has 1 aromatic carbocycles. The third-order valence-corrected chi connectivity index (χ3v) is 5.92. The summed E-state index contributed by atoms with van der Waals surface area (Å²) in [5.41, 5.74) is 1.56. The van der Waals surface area contributed by atoms with E-state index < -0.39 is 10.0 Å². The molecule has 1 heterocycles. The summed E-state index contributed by atoms with van der Waals surface area (Å²) in [7, 11) is -2.35. The van der Waals surface area contributed by atoms with E-state index in [-0.39, 0.29) is 21.8 Å². The van der Waals surface area contributed by atoms with Crippen molar-refractivity contribution >= 4 is 38.1 Å². The van der Waals surface area contributed by atoms with E-state index in [1.54, 1.807) is 19.1 Å². The van der Waals surface area contributed by atoms with Crippen molar-refractivity contribution in [2.24, 2.45) is 0 Å². The number of aryl methyl sites for hydroxylation is 1. The van der Waals surface area contributed by atoms with E-state index in [2.05, 4.69) is 15.5 Å². The van der Waals surface area contributed by atoms with Crippen LogP contribution in [0.5, 0.6) is 0 Å². The number of nitrogens with one attached hydrogen (secondary N) is 1. The Bertz CT molecular complexity index is 769. The number of anilines is 2. The predicted octanol–water partition coefficient (Wildman–Crippen LogP) is 2.02. The Labute approximate surface area is 133 Å². The first kappa shape index (κ1) is 16.4. The zero-order valence-electron chi connectivity index (χ0n) is 12.4. The highest BCUT2D eigenvalue weighted by molar-refractivity contribution is 7.94. The quantitative estimate of drug-likeness (QED) is 0.841. The van der Waals surface area contributed by atoms with Gasteiger partial charge in [-0.05, 0) is 19.1 Å². The molecule has 0 fully saturated rings. The van der Waals surface area contributed by atoms with Gasteiger partial charge in [-0.25, -0.2) is 0 Å². The molecule has 7 nitrogen and oxygen atoms in total. The van der Waals surface area contributed by atoms with Crippen molar-refractivity contribution in [3.05, 3.63) is 29.8 Å². The van der Waals surface area contributed by atoms with Gasteiger partial charge in [0.1, 0.15) is 0 Å². The summed E-state index contributed by atoms with van der Waals surface area (Å²) < 4.78 is 26.0. The van der Waals surface area contributed by atoms with Crippen molar-refractivity contribution in [1.82, 2.24) is 10.2 Å². The summed E-state index contributed by atoms with van der Waals surface area (Å²) in [6.07, 6.45) is 0.283. The fourth-order valence-electron chi connectivity index (χ4n) is 1.58. The van der Waals surface area contributed by atoms with E-state index in [9.17, 15) is 13.2 Å². The second-order valence-electron chi connectivity index (χ2n) is 4.58. The molecule has 0 saturated carbocycles. The molecule has 2 aromatic rings. The number of carbonyl (C=O) groups is 1. The van der Waals surface area contributed by atoms with Gasteiger partial charge in [-0.3, -0.25) is 9.10 Å². The number of benzene rings is 1. The molecule has 1 amide bonds. The number of aromatic nitrogens is 2. The van der Waals surface area contributed by atoms with Gasteiger partial charge in [0.25, 0.3) is 14.4 Å². The number of carbonyl (C=O) groups excluding carboxylic acids is 1. The average Bonchev–Trinajstić information content (AvgIpc) is 2.96. The lowest BCUT2D eigenvalue weighted by molar-refractivity contribution is -0.115. The Balaban J connectivity index is 2.26. The number of nitrogens with zero attached hydrogens (tertiary/aromatic N) is 3. The van der Waals surface area contributed by atoms with Gasteiger partial charge in [0.05, 0.1) is 5.69 Å². The largest absolute Gasteiger partial charge is 0.301 e. The molecule has 0 aliphatic heterocycles. The molecule has 0 spiro atoms. The maximum absolute atomic E-state index is 12.5. The molecule has 0 radical (unpaired) electrons. The number of sulfonamides is 1. The van der Waals surface area contributed by atoms with Gasteiger partial charge in [-0.1, -0.05) is 36.0 Å². The molecule has 1 N–H and O–H groups in total. The van der Waals surface area contributed by atoms with Crippen molar-refractivity contribution in [3.63, 3.8) is 0 Å². The van der Waals surface area contributed by atoms with Crippen LogP contribution in [0.4, 0.5) is 10.8 Å². The van der Waals surface area contributed by atoms with Gasteiger partial charge in [-0.2, -0.15) is 8.42 Å². The third kappa shape index (κ3) is 3.42. The van der Waals surface area contributed by atoms with Crippen LogP contribution in [0, 0.1) is 6.92 Å². The van der Waals surface area contributed by atoms with Crippen LogP contribution in [-0.2, 0) is 14.8 Å². The Morgan fingerprint density at radius 2 is 1.91 bits per heavy atom. The lowest BCUT2D eigenvalue weighted by Gasteiger charge is -2.17. The van der Waals surface area contributed by atoms with Crippen LogP contribution in [0.3, 0.4) is 0 Å². The van der Waals surface area contributed by atoms with E-state index >= 15 is 0 Å². The van der Waals surface area contributed by atoms with Crippen LogP contribution in [0.2, 0.25) is 0 Å². The van der Waals surface area contributed by atoms with E-state index in [1.165, 1.54) is 7.05 Å². The first-order valence-electron chi connectivity index (χ1n) is 6.53. The van der Waals surface area contributed by atoms with Crippen molar-refractivity contribution in [2.75, 3.05) is 16.7 Å². The average molecular weight is 340 g/mol. The van der Waals surface area contributed by atoms with Crippen molar-refractivity contribution in [1.29, 1.82) is 0 Å². The molecule has 0 unspecified atom stereocenters. The summed E-state index contributed by atoms with van der Waals surface area (Å²) in [6, 6.07) is 7.09. The van der Waals surface area contributed by atoms with Crippen LogP contribution in [0.1, 0.15) is 18.9 Å². The molecule has 0 aliphatic carbocycles. The summed E-state index contributed by atoms with van der Waals surface area (Å²) in [5, 5.41) is 10.0. The summed E-state index contributed by atoms with van der Waals surface area (Å²) in [4.78, 5) is 11.3. The zero-order valence-corrected chi connectivity index (χ0v) is 14.0. The van der Waals surface area contributed by atoms with E-state index in [0.29, 0.717) is 5.69 Å². The second kappa shape index (κ2) is 6.41. The summed E-state index contributed by atoms with van der Waals surface area (Å²) in [5.74, 6) is -0.244. The van der Waals surface area contributed by atoms with E-state index in [1.807, 2.05) is 19.1 Å². The topological polar surface area (TPSA) is 92.3 Å². The maximum Gasteiger partial charge on any atom is 0.293 e. The minimum Gasteiger partial charge on any atom is -0.301 e. The monoisotopic (exact) mass is 340 g/mol. The zero-order chi connectivity index (χ0) is 16.3. The Hall–Kier alpha value is -2.00. The molecule has 0 saturated heterocycles. The van der Waals surface area contributed by atoms with Crippen LogP contribution in [0.25, 0.3) is 0 Å². The molecule has 118 valence electrons. The predicted molar refractivity (Wildman–Crippen MR) is 85.6 cm³/mol. The van der Waals surface area contributed by atoms with Gasteiger partial charge >= 0.3 is 0 Å². The van der Waals surface area contributed by atoms with E-state index in [4.69, 9.17) is 0 Å². The summed E-state index contributed by atoms with van der Waals surface area (Å²) in [6.45, 7) is 3.62. The van der Waals surface area contributed by atoms with Crippen molar-refractivity contribution in [3.8, 4) is 0 Å². The Morgan fingerprint density at radius 1 is 1.27 bits per heavy atom. The Kier molecular flexibility index (Phi) is 4.77. The fourth-order valence-corrected chi connectivity index (χ4v) is 3.85. The lowest BCUT2D eigenvalue weighted by atomic mass is 10.2. The smallest absolute Gasteiger partial charge is 0.293 e.